The van der Waals surface area contributed by atoms with E-state index in [0.717, 1.165) is 38.6 Å². The maximum absolute atomic E-state index is 13.0. The summed E-state index contributed by atoms with van der Waals surface area (Å²) in [6.45, 7) is 8.22. The first-order chi connectivity index (χ1) is 13.9. The summed E-state index contributed by atoms with van der Waals surface area (Å²) in [4.78, 5) is 17.8. The van der Waals surface area contributed by atoms with Crippen molar-refractivity contribution in [2.75, 3.05) is 5.75 Å². The van der Waals surface area contributed by atoms with Gasteiger partial charge in [-0.25, -0.2) is 4.98 Å². The number of benzene rings is 3. The van der Waals surface area contributed by atoms with Gasteiger partial charge in [-0.15, -0.1) is 0 Å². The number of ketones is 1. The summed E-state index contributed by atoms with van der Waals surface area (Å²) in [6, 6.07) is 20.6. The highest BCUT2D eigenvalue weighted by Gasteiger charge is 2.16. The SMILES string of the molecule is Cc1cccc(-n2c(SCC(=O)c3cc(C)c(C)cc3C)nc3ccccc32)c1. The van der Waals surface area contributed by atoms with Gasteiger partial charge in [-0.05, 0) is 80.3 Å². The number of para-hydroxylation sites is 2. The number of carbonyl (C=O) groups excluding carboxylic acids is 1. The van der Waals surface area contributed by atoms with Crippen LogP contribution in [0.3, 0.4) is 0 Å². The molecule has 0 radical (unpaired) electrons. The molecule has 1 aromatic heterocycles. The molecular weight excluding hydrogens is 376 g/mol. The number of nitrogens with zero attached hydrogens (tertiary/aromatic N) is 2. The Labute approximate surface area is 175 Å². The maximum Gasteiger partial charge on any atom is 0.174 e. The van der Waals surface area contributed by atoms with E-state index in [2.05, 4.69) is 61.7 Å². The topological polar surface area (TPSA) is 34.9 Å². The molecule has 0 bridgehead atoms. The summed E-state index contributed by atoms with van der Waals surface area (Å²) in [5.41, 5.74) is 8.45. The summed E-state index contributed by atoms with van der Waals surface area (Å²) < 4.78 is 2.15. The fourth-order valence-electron chi connectivity index (χ4n) is 3.59. The monoisotopic (exact) mass is 400 g/mol. The summed E-state index contributed by atoms with van der Waals surface area (Å²) in [5, 5.41) is 0.839. The third-order valence-electron chi connectivity index (χ3n) is 5.26. The van der Waals surface area contributed by atoms with Crippen molar-refractivity contribution in [3.63, 3.8) is 0 Å². The molecule has 0 aliphatic rings. The van der Waals surface area contributed by atoms with E-state index < -0.39 is 0 Å². The molecule has 0 atom stereocenters. The summed E-state index contributed by atoms with van der Waals surface area (Å²) in [7, 11) is 0. The fourth-order valence-corrected chi connectivity index (χ4v) is 4.50. The normalized spacial score (nSPS) is 11.2. The van der Waals surface area contributed by atoms with E-state index in [0.29, 0.717) is 5.75 Å². The van der Waals surface area contributed by atoms with Crippen LogP contribution in [-0.2, 0) is 0 Å². The Hall–Kier alpha value is -2.85. The van der Waals surface area contributed by atoms with E-state index in [1.807, 2.05) is 31.2 Å². The van der Waals surface area contributed by atoms with Crippen LogP contribution < -0.4 is 0 Å². The molecule has 4 heteroatoms. The fraction of sp³-hybridized carbons (Fsp3) is 0.200. The number of hydrogen-bond donors (Lipinski definition) is 0. The van der Waals surface area contributed by atoms with Gasteiger partial charge in [0, 0.05) is 11.3 Å². The predicted molar refractivity (Wildman–Crippen MR) is 122 cm³/mol. The zero-order valence-corrected chi connectivity index (χ0v) is 18.0. The number of thioether (sulfide) groups is 1. The van der Waals surface area contributed by atoms with E-state index >= 15 is 0 Å². The summed E-state index contributed by atoms with van der Waals surface area (Å²) in [6.07, 6.45) is 0. The number of hydrogen-bond acceptors (Lipinski definition) is 3. The summed E-state index contributed by atoms with van der Waals surface area (Å²) in [5.74, 6) is 0.497. The van der Waals surface area contributed by atoms with Gasteiger partial charge in [0.05, 0.1) is 16.8 Å². The van der Waals surface area contributed by atoms with Crippen molar-refractivity contribution in [1.82, 2.24) is 9.55 Å². The van der Waals surface area contributed by atoms with Crippen molar-refractivity contribution in [1.29, 1.82) is 0 Å². The minimum absolute atomic E-state index is 0.137. The number of aromatic nitrogens is 2. The molecule has 0 aliphatic heterocycles. The highest BCUT2D eigenvalue weighted by Crippen LogP contribution is 2.29. The highest BCUT2D eigenvalue weighted by atomic mass is 32.2. The number of rotatable bonds is 5. The van der Waals surface area contributed by atoms with Crippen LogP contribution in [0.5, 0.6) is 0 Å². The average molecular weight is 401 g/mol. The largest absolute Gasteiger partial charge is 0.293 e. The molecule has 0 saturated heterocycles. The van der Waals surface area contributed by atoms with Crippen molar-refractivity contribution in [2.24, 2.45) is 0 Å². The molecule has 0 spiro atoms. The molecule has 0 fully saturated rings. The lowest BCUT2D eigenvalue weighted by Gasteiger charge is -2.11. The lowest BCUT2D eigenvalue weighted by molar-refractivity contribution is 0.102. The molecule has 0 saturated carbocycles. The number of carbonyl (C=O) groups is 1. The number of Topliss-reactive ketones (excluding diaryl/α,β-unsaturated/α-hetero) is 1. The van der Waals surface area contributed by atoms with Crippen LogP contribution in [0, 0.1) is 27.7 Å². The van der Waals surface area contributed by atoms with E-state index in [-0.39, 0.29) is 5.78 Å². The van der Waals surface area contributed by atoms with Gasteiger partial charge in [0.1, 0.15) is 0 Å². The van der Waals surface area contributed by atoms with E-state index in [4.69, 9.17) is 4.98 Å². The van der Waals surface area contributed by atoms with Gasteiger partial charge < -0.3 is 0 Å². The van der Waals surface area contributed by atoms with Crippen LogP contribution in [0.1, 0.15) is 32.6 Å². The van der Waals surface area contributed by atoms with Crippen molar-refractivity contribution >= 4 is 28.6 Å². The second kappa shape index (κ2) is 7.88. The van der Waals surface area contributed by atoms with Gasteiger partial charge in [-0.3, -0.25) is 9.36 Å². The molecular formula is C25H24N2OS. The number of imidazole rings is 1. The Morgan fingerprint density at radius 2 is 1.66 bits per heavy atom. The van der Waals surface area contributed by atoms with Crippen molar-refractivity contribution in [3.8, 4) is 5.69 Å². The highest BCUT2D eigenvalue weighted by molar-refractivity contribution is 7.99. The molecule has 0 N–H and O–H groups in total. The third kappa shape index (κ3) is 3.85. The number of aryl methyl sites for hydroxylation is 4. The lowest BCUT2D eigenvalue weighted by atomic mass is 9.99. The molecule has 29 heavy (non-hydrogen) atoms. The van der Waals surface area contributed by atoms with Crippen LogP contribution in [-0.4, -0.2) is 21.1 Å². The van der Waals surface area contributed by atoms with E-state index in [9.17, 15) is 4.79 Å². The smallest absolute Gasteiger partial charge is 0.174 e. The van der Waals surface area contributed by atoms with Crippen LogP contribution in [0.2, 0.25) is 0 Å². The predicted octanol–water partition coefficient (Wildman–Crippen LogP) is 6.23. The van der Waals surface area contributed by atoms with Crippen LogP contribution in [0.25, 0.3) is 16.7 Å². The molecule has 0 amide bonds. The molecule has 4 rings (SSSR count). The first-order valence-corrected chi connectivity index (χ1v) is 10.7. The van der Waals surface area contributed by atoms with Crippen LogP contribution in [0.4, 0.5) is 0 Å². The first-order valence-electron chi connectivity index (χ1n) is 9.72. The Kier molecular flexibility index (Phi) is 5.29. The van der Waals surface area contributed by atoms with Gasteiger partial charge in [0.15, 0.2) is 10.9 Å². The Morgan fingerprint density at radius 3 is 2.45 bits per heavy atom. The lowest BCUT2D eigenvalue weighted by Crippen LogP contribution is -2.07. The second-order valence-electron chi connectivity index (χ2n) is 7.52. The van der Waals surface area contributed by atoms with E-state index in [1.54, 1.807) is 0 Å². The zero-order chi connectivity index (χ0) is 20.5. The third-order valence-corrected chi connectivity index (χ3v) is 6.20. The van der Waals surface area contributed by atoms with Crippen molar-refractivity contribution in [2.45, 2.75) is 32.9 Å². The second-order valence-corrected chi connectivity index (χ2v) is 8.46. The molecule has 0 unspecified atom stereocenters. The molecule has 1 heterocycles. The minimum atomic E-state index is 0.137. The van der Waals surface area contributed by atoms with Gasteiger partial charge in [-0.2, -0.15) is 0 Å². The molecule has 146 valence electrons. The van der Waals surface area contributed by atoms with Crippen molar-refractivity contribution in [3.05, 3.63) is 88.5 Å². The summed E-state index contributed by atoms with van der Waals surface area (Å²) >= 11 is 1.50. The average Bonchev–Trinajstić information content (AvgIpc) is 3.07. The van der Waals surface area contributed by atoms with Gasteiger partial charge >= 0.3 is 0 Å². The van der Waals surface area contributed by atoms with E-state index in [1.165, 1.54) is 22.9 Å². The Morgan fingerprint density at radius 1 is 0.897 bits per heavy atom. The first kappa shape index (κ1) is 19.5. The Bertz CT molecular complexity index is 1220. The van der Waals surface area contributed by atoms with Gasteiger partial charge in [0.2, 0.25) is 0 Å². The van der Waals surface area contributed by atoms with Gasteiger partial charge in [-0.1, -0.05) is 42.1 Å². The minimum Gasteiger partial charge on any atom is -0.293 e. The zero-order valence-electron chi connectivity index (χ0n) is 17.2. The standard InChI is InChI=1S/C25H24N2OS/c1-16-8-7-9-20(12-16)27-23-11-6-5-10-22(23)26-25(27)29-15-24(28)21-14-18(3)17(2)13-19(21)4/h5-14H,15H2,1-4H3. The maximum atomic E-state index is 13.0. The van der Waals surface area contributed by atoms with Crippen LogP contribution >= 0.6 is 11.8 Å². The quantitative estimate of drug-likeness (QED) is 0.294. The molecule has 0 aliphatic carbocycles. The molecule has 3 nitrogen and oxygen atoms in total. The Balaban J connectivity index is 1.69. The molecule has 3 aromatic carbocycles. The van der Waals surface area contributed by atoms with Crippen molar-refractivity contribution < 1.29 is 4.79 Å². The number of fused-ring (bicyclic) bond motifs is 1. The molecule has 4 aromatic rings. The van der Waals surface area contributed by atoms with Gasteiger partial charge in [0.25, 0.3) is 0 Å². The van der Waals surface area contributed by atoms with Crippen LogP contribution in [0.15, 0.2) is 65.8 Å².